The molecule has 1 saturated heterocycles. The molecule has 1 fully saturated rings. The van der Waals surface area contributed by atoms with Gasteiger partial charge in [-0.1, -0.05) is 5.16 Å². The molecule has 5 rings (SSSR count). The Hall–Kier alpha value is -3.80. The molecule has 196 valence electrons. The lowest BCUT2D eigenvalue weighted by Crippen LogP contribution is -2.56. The summed E-state index contributed by atoms with van der Waals surface area (Å²) in [7, 11) is 0. The number of nitrogens with zero attached hydrogens (tertiary/aromatic N) is 3. The summed E-state index contributed by atoms with van der Waals surface area (Å²) in [4.78, 5) is 46.5. The van der Waals surface area contributed by atoms with Crippen molar-refractivity contribution in [3.63, 3.8) is 0 Å². The van der Waals surface area contributed by atoms with Crippen molar-refractivity contribution in [3.8, 4) is 5.75 Å². The summed E-state index contributed by atoms with van der Waals surface area (Å²) in [5, 5.41) is 28.1. The number of carbonyl (C=O) groups is 2. The van der Waals surface area contributed by atoms with Crippen LogP contribution < -0.4 is 10.7 Å². The zero-order valence-corrected chi connectivity index (χ0v) is 20.4. The maximum atomic E-state index is 14.2. The van der Waals surface area contributed by atoms with E-state index in [1.54, 1.807) is 6.92 Å². The minimum atomic E-state index is -1.30. The van der Waals surface area contributed by atoms with Crippen LogP contribution in [0.15, 0.2) is 28.3 Å². The molecule has 1 aromatic carbocycles. The number of carbonyl (C=O) groups excluding carboxylic acids is 2. The van der Waals surface area contributed by atoms with Crippen LogP contribution in [-0.4, -0.2) is 61.5 Å². The molecular weight excluding hydrogens is 490 g/mol. The Morgan fingerprint density at radius 3 is 2.57 bits per heavy atom. The van der Waals surface area contributed by atoms with Crippen molar-refractivity contribution in [1.82, 2.24) is 14.8 Å². The van der Waals surface area contributed by atoms with E-state index < -0.39 is 64.5 Å². The predicted molar refractivity (Wildman–Crippen MR) is 126 cm³/mol. The number of nitrogens with one attached hydrogen (secondary N) is 1. The number of fused-ring (bicyclic) bond motifs is 5. The van der Waals surface area contributed by atoms with Gasteiger partial charge >= 0.3 is 0 Å². The molecule has 2 amide bonds. The predicted octanol–water partition coefficient (Wildman–Crippen LogP) is 1.76. The number of aliphatic hydroxyl groups is 1. The van der Waals surface area contributed by atoms with Gasteiger partial charge in [0.25, 0.3) is 11.8 Å². The zero-order valence-electron chi connectivity index (χ0n) is 20.4. The standard InChI is InChI=1S/C25H26F2N4O6/c1-11-6-16(26)14(17(27)7-11)8-28-23(35)15-9-31-18-10-30(24(36)19(31)21(33)20(15)32)12(2)4-5-25(18)22(34)13(3)29-37-25/h6-7,9,12,18,22,33-34H,4-5,8,10H2,1-3H3,(H,28,35)/t12-,18+,22-,25+/m0/s1. The van der Waals surface area contributed by atoms with Crippen molar-refractivity contribution < 1.29 is 33.4 Å². The molecule has 3 aliphatic heterocycles. The van der Waals surface area contributed by atoms with Gasteiger partial charge in [-0.3, -0.25) is 14.4 Å². The van der Waals surface area contributed by atoms with Crippen LogP contribution in [0.5, 0.6) is 5.75 Å². The van der Waals surface area contributed by atoms with Crippen LogP contribution >= 0.6 is 0 Å². The molecule has 0 radical (unpaired) electrons. The van der Waals surface area contributed by atoms with E-state index in [1.165, 1.54) is 16.4 Å². The number of aromatic nitrogens is 1. The molecule has 1 spiro atoms. The van der Waals surface area contributed by atoms with Crippen LogP contribution in [0.25, 0.3) is 0 Å². The number of hydrogen-bond acceptors (Lipinski definition) is 7. The first-order valence-electron chi connectivity index (χ1n) is 11.9. The molecule has 12 heteroatoms. The topological polar surface area (TPSA) is 133 Å². The number of aromatic hydroxyl groups is 1. The second-order valence-electron chi connectivity index (χ2n) is 9.91. The van der Waals surface area contributed by atoms with E-state index in [1.807, 2.05) is 6.92 Å². The van der Waals surface area contributed by atoms with Crippen LogP contribution in [-0.2, 0) is 11.4 Å². The molecule has 2 aromatic rings. The summed E-state index contributed by atoms with van der Waals surface area (Å²) in [5.41, 5.74) is -2.96. The highest BCUT2D eigenvalue weighted by Crippen LogP contribution is 2.46. The summed E-state index contributed by atoms with van der Waals surface area (Å²) in [6, 6.07) is 1.15. The fourth-order valence-electron chi connectivity index (χ4n) is 5.46. The van der Waals surface area contributed by atoms with E-state index in [2.05, 4.69) is 10.5 Å². The fraction of sp³-hybridized carbons (Fsp3) is 0.440. The van der Waals surface area contributed by atoms with Crippen LogP contribution in [0, 0.1) is 18.6 Å². The van der Waals surface area contributed by atoms with Gasteiger partial charge in [0.2, 0.25) is 5.43 Å². The van der Waals surface area contributed by atoms with Crippen LogP contribution in [0.1, 0.15) is 64.7 Å². The molecule has 3 aliphatic rings. The van der Waals surface area contributed by atoms with Gasteiger partial charge in [-0.25, -0.2) is 8.78 Å². The minimum Gasteiger partial charge on any atom is -0.503 e. The maximum Gasteiger partial charge on any atom is 0.274 e. The Kier molecular flexibility index (Phi) is 5.81. The van der Waals surface area contributed by atoms with Crippen molar-refractivity contribution in [3.05, 3.63) is 62.6 Å². The highest BCUT2D eigenvalue weighted by molar-refractivity contribution is 5.99. The van der Waals surface area contributed by atoms with E-state index in [0.29, 0.717) is 24.1 Å². The Bertz CT molecular complexity index is 1400. The molecule has 0 unspecified atom stereocenters. The maximum absolute atomic E-state index is 14.2. The Balaban J connectivity index is 1.57. The first-order valence-corrected chi connectivity index (χ1v) is 11.9. The van der Waals surface area contributed by atoms with Gasteiger partial charge in [0.1, 0.15) is 23.3 Å². The smallest absolute Gasteiger partial charge is 0.274 e. The van der Waals surface area contributed by atoms with Crippen molar-refractivity contribution in [2.45, 2.75) is 63.9 Å². The molecule has 37 heavy (non-hydrogen) atoms. The summed E-state index contributed by atoms with van der Waals surface area (Å²) in [5.74, 6) is -4.25. The van der Waals surface area contributed by atoms with Crippen molar-refractivity contribution in [2.24, 2.45) is 5.16 Å². The molecule has 0 saturated carbocycles. The number of aryl methyl sites for hydroxylation is 1. The SMILES string of the molecule is CC1=NO[C@@]2(CC[C@H](C)N3C[C@H]2n2cc(C(=O)NCc4c(F)cc(C)cc4F)c(=O)c(O)c2C3=O)[C@H]1O. The van der Waals surface area contributed by atoms with Crippen LogP contribution in [0.4, 0.5) is 8.78 Å². The fourth-order valence-corrected chi connectivity index (χ4v) is 5.46. The van der Waals surface area contributed by atoms with Gasteiger partial charge < -0.3 is 29.8 Å². The Labute approximate surface area is 210 Å². The van der Waals surface area contributed by atoms with Gasteiger partial charge in [-0.05, 0) is 51.3 Å². The lowest BCUT2D eigenvalue weighted by Gasteiger charge is -2.43. The highest BCUT2D eigenvalue weighted by atomic mass is 19.1. The number of aliphatic hydroxyl groups excluding tert-OH is 1. The quantitative estimate of drug-likeness (QED) is 0.569. The molecule has 4 heterocycles. The third-order valence-electron chi connectivity index (χ3n) is 7.60. The monoisotopic (exact) mass is 516 g/mol. The van der Waals surface area contributed by atoms with Crippen molar-refractivity contribution in [2.75, 3.05) is 6.54 Å². The Morgan fingerprint density at radius 1 is 1.27 bits per heavy atom. The van der Waals surface area contributed by atoms with E-state index in [0.717, 1.165) is 18.3 Å². The van der Waals surface area contributed by atoms with Crippen LogP contribution in [0.3, 0.4) is 0 Å². The van der Waals surface area contributed by atoms with Crippen LogP contribution in [0.2, 0.25) is 0 Å². The number of benzene rings is 1. The zero-order chi connectivity index (χ0) is 26.8. The number of pyridine rings is 1. The lowest BCUT2D eigenvalue weighted by molar-refractivity contribution is -0.114. The first-order chi connectivity index (χ1) is 17.5. The number of oxime groups is 1. The lowest BCUT2D eigenvalue weighted by atomic mass is 9.82. The van der Waals surface area contributed by atoms with E-state index in [-0.39, 0.29) is 23.8 Å². The third kappa shape index (κ3) is 3.69. The number of amides is 2. The van der Waals surface area contributed by atoms with Crippen molar-refractivity contribution in [1.29, 1.82) is 0 Å². The largest absolute Gasteiger partial charge is 0.503 e. The van der Waals surface area contributed by atoms with Gasteiger partial charge in [-0.15, -0.1) is 0 Å². The summed E-state index contributed by atoms with van der Waals surface area (Å²) in [6.45, 7) is 4.47. The van der Waals surface area contributed by atoms with E-state index >= 15 is 0 Å². The van der Waals surface area contributed by atoms with Crippen molar-refractivity contribution >= 4 is 17.5 Å². The molecule has 1 aromatic heterocycles. The van der Waals surface area contributed by atoms with Gasteiger partial charge in [-0.2, -0.15) is 0 Å². The van der Waals surface area contributed by atoms with Gasteiger partial charge in [0.15, 0.2) is 17.0 Å². The molecule has 10 nitrogen and oxygen atoms in total. The second-order valence-corrected chi connectivity index (χ2v) is 9.91. The average molecular weight is 517 g/mol. The Morgan fingerprint density at radius 2 is 1.95 bits per heavy atom. The number of halogens is 2. The van der Waals surface area contributed by atoms with Gasteiger partial charge in [0, 0.05) is 30.9 Å². The van der Waals surface area contributed by atoms with Gasteiger partial charge in [0.05, 0.1) is 11.8 Å². The minimum absolute atomic E-state index is 0.0794. The molecule has 0 aliphatic carbocycles. The second kappa shape index (κ2) is 8.65. The number of hydrogen-bond donors (Lipinski definition) is 3. The normalized spacial score (nSPS) is 26.4. The molecule has 4 atom stereocenters. The summed E-state index contributed by atoms with van der Waals surface area (Å²) >= 11 is 0. The first kappa shape index (κ1) is 24.9. The molecule has 2 bridgehead atoms. The average Bonchev–Trinajstić information content (AvgIpc) is 3.05. The number of rotatable bonds is 3. The third-order valence-corrected chi connectivity index (χ3v) is 7.60. The highest BCUT2D eigenvalue weighted by Gasteiger charge is 2.58. The van der Waals surface area contributed by atoms with E-state index in [4.69, 9.17) is 4.84 Å². The molecular formula is C25H26F2N4O6. The summed E-state index contributed by atoms with van der Waals surface area (Å²) in [6.07, 6.45) is 0.764. The molecule has 3 N–H and O–H groups in total. The summed E-state index contributed by atoms with van der Waals surface area (Å²) < 4.78 is 29.8. The van der Waals surface area contributed by atoms with E-state index in [9.17, 15) is 33.4 Å².